The van der Waals surface area contributed by atoms with Crippen LogP contribution in [0.25, 0.3) is 0 Å². The molecule has 4 heteroatoms. The first-order valence-electron chi connectivity index (χ1n) is 6.89. The summed E-state index contributed by atoms with van der Waals surface area (Å²) in [6, 6.07) is 0.246. The summed E-state index contributed by atoms with van der Waals surface area (Å²) >= 11 is 1.99. The number of hydrogen-bond acceptors (Lipinski definition) is 3. The fourth-order valence-electron chi connectivity index (χ4n) is 2.83. The highest BCUT2D eigenvalue weighted by atomic mass is 32.2. The van der Waals surface area contributed by atoms with Gasteiger partial charge in [-0.1, -0.05) is 12.8 Å². The van der Waals surface area contributed by atoms with E-state index in [1.54, 1.807) is 0 Å². The van der Waals surface area contributed by atoms with E-state index in [0.717, 1.165) is 19.4 Å². The summed E-state index contributed by atoms with van der Waals surface area (Å²) in [5.74, 6) is 1.88. The number of amides is 1. The topological polar surface area (TPSA) is 55.1 Å². The molecular formula is C13H24N2OS. The fraction of sp³-hybridized carbons (Fsp3) is 0.923. The Bertz CT molecular complexity index is 254. The molecule has 3 nitrogen and oxygen atoms in total. The van der Waals surface area contributed by atoms with Crippen molar-refractivity contribution in [3.8, 4) is 0 Å². The molecule has 1 aliphatic heterocycles. The van der Waals surface area contributed by atoms with Crippen LogP contribution >= 0.6 is 11.8 Å². The maximum absolute atomic E-state index is 11.8. The van der Waals surface area contributed by atoms with E-state index in [-0.39, 0.29) is 11.9 Å². The molecule has 98 valence electrons. The van der Waals surface area contributed by atoms with Gasteiger partial charge < -0.3 is 11.1 Å². The molecule has 1 saturated heterocycles. The number of rotatable bonds is 4. The highest BCUT2D eigenvalue weighted by molar-refractivity contribution is 8.00. The van der Waals surface area contributed by atoms with Crippen LogP contribution in [0.1, 0.15) is 44.9 Å². The smallest absolute Gasteiger partial charge is 0.220 e. The number of hydrogen-bond donors (Lipinski definition) is 2. The normalized spacial score (nSPS) is 33.6. The van der Waals surface area contributed by atoms with E-state index in [9.17, 15) is 4.79 Å². The van der Waals surface area contributed by atoms with Crippen molar-refractivity contribution in [2.24, 2.45) is 11.7 Å². The second-order valence-corrected chi connectivity index (χ2v) is 6.76. The summed E-state index contributed by atoms with van der Waals surface area (Å²) in [7, 11) is 0. The van der Waals surface area contributed by atoms with Crippen LogP contribution in [0.15, 0.2) is 0 Å². The first-order valence-corrected chi connectivity index (χ1v) is 7.94. The molecule has 1 aliphatic carbocycles. The molecule has 0 aromatic carbocycles. The van der Waals surface area contributed by atoms with Gasteiger partial charge in [0.25, 0.3) is 0 Å². The lowest BCUT2D eigenvalue weighted by atomic mass is 9.83. The number of carbonyl (C=O) groups excluding carboxylic acids is 1. The van der Waals surface area contributed by atoms with Crippen molar-refractivity contribution in [1.82, 2.24) is 5.32 Å². The Labute approximate surface area is 108 Å². The Hall–Kier alpha value is -0.220. The zero-order chi connectivity index (χ0) is 12.1. The van der Waals surface area contributed by atoms with Crippen LogP contribution in [0.3, 0.4) is 0 Å². The molecule has 1 heterocycles. The molecule has 1 amide bonds. The molecule has 1 saturated carbocycles. The van der Waals surface area contributed by atoms with E-state index in [4.69, 9.17) is 5.73 Å². The molecule has 3 atom stereocenters. The van der Waals surface area contributed by atoms with Gasteiger partial charge in [-0.2, -0.15) is 11.8 Å². The number of nitrogens with one attached hydrogen (secondary N) is 1. The third-order valence-electron chi connectivity index (χ3n) is 3.97. The molecule has 2 aliphatic rings. The number of thioether (sulfide) groups is 1. The summed E-state index contributed by atoms with van der Waals surface area (Å²) < 4.78 is 0. The molecule has 17 heavy (non-hydrogen) atoms. The van der Waals surface area contributed by atoms with Gasteiger partial charge in [0.2, 0.25) is 5.91 Å². The lowest BCUT2D eigenvalue weighted by Gasteiger charge is -2.28. The van der Waals surface area contributed by atoms with Gasteiger partial charge in [-0.25, -0.2) is 0 Å². The highest BCUT2D eigenvalue weighted by Gasteiger charge is 2.24. The summed E-state index contributed by atoms with van der Waals surface area (Å²) in [6.45, 7) is 0.853. The zero-order valence-electron chi connectivity index (χ0n) is 10.5. The summed E-state index contributed by atoms with van der Waals surface area (Å²) in [5.41, 5.74) is 6.06. The third-order valence-corrected chi connectivity index (χ3v) is 5.36. The first kappa shape index (κ1) is 13.2. The van der Waals surface area contributed by atoms with E-state index in [1.165, 1.54) is 31.4 Å². The molecular weight excluding hydrogens is 232 g/mol. The average molecular weight is 256 g/mol. The predicted molar refractivity (Wildman–Crippen MR) is 73.0 cm³/mol. The fourth-order valence-corrected chi connectivity index (χ4v) is 4.03. The van der Waals surface area contributed by atoms with Crippen molar-refractivity contribution in [2.75, 3.05) is 12.3 Å². The van der Waals surface area contributed by atoms with Gasteiger partial charge >= 0.3 is 0 Å². The van der Waals surface area contributed by atoms with Crippen molar-refractivity contribution in [2.45, 2.75) is 56.2 Å². The maximum Gasteiger partial charge on any atom is 0.220 e. The predicted octanol–water partition coefficient (Wildman–Crippen LogP) is 1.91. The lowest BCUT2D eigenvalue weighted by Crippen LogP contribution is -2.38. The largest absolute Gasteiger partial charge is 0.355 e. The standard InChI is InChI=1S/C13H24N2OS/c14-12-6-2-1-4-10(12)8-13(16)15-9-11-5-3-7-17-11/h10-12H,1-9,14H2,(H,15,16). The number of carbonyl (C=O) groups is 1. The minimum Gasteiger partial charge on any atom is -0.355 e. The lowest BCUT2D eigenvalue weighted by molar-refractivity contribution is -0.122. The van der Waals surface area contributed by atoms with Crippen LogP contribution in [0.4, 0.5) is 0 Å². The van der Waals surface area contributed by atoms with Gasteiger partial charge in [0.1, 0.15) is 0 Å². The van der Waals surface area contributed by atoms with Crippen LogP contribution < -0.4 is 11.1 Å². The molecule has 0 aromatic rings. The first-order chi connectivity index (χ1) is 8.25. The van der Waals surface area contributed by atoms with Gasteiger partial charge in [0.15, 0.2) is 0 Å². The minimum absolute atomic E-state index is 0.208. The Morgan fingerprint density at radius 3 is 2.76 bits per heavy atom. The third kappa shape index (κ3) is 4.18. The molecule has 3 unspecified atom stereocenters. The molecule has 0 bridgehead atoms. The quantitative estimate of drug-likeness (QED) is 0.808. The van der Waals surface area contributed by atoms with Crippen molar-refractivity contribution < 1.29 is 4.79 Å². The molecule has 0 radical (unpaired) electrons. The van der Waals surface area contributed by atoms with Crippen molar-refractivity contribution in [3.63, 3.8) is 0 Å². The van der Waals surface area contributed by atoms with Crippen LogP contribution in [0.2, 0.25) is 0 Å². The van der Waals surface area contributed by atoms with E-state index >= 15 is 0 Å². The van der Waals surface area contributed by atoms with Gasteiger partial charge in [-0.05, 0) is 37.4 Å². The highest BCUT2D eigenvalue weighted by Crippen LogP contribution is 2.27. The zero-order valence-corrected chi connectivity index (χ0v) is 11.3. The van der Waals surface area contributed by atoms with E-state index in [2.05, 4.69) is 5.32 Å². The van der Waals surface area contributed by atoms with Gasteiger partial charge in [0, 0.05) is 24.3 Å². The van der Waals surface area contributed by atoms with E-state index in [0.29, 0.717) is 17.6 Å². The SMILES string of the molecule is NC1CCCCC1CC(=O)NCC1CCCS1. The van der Waals surface area contributed by atoms with Crippen LogP contribution in [0.5, 0.6) is 0 Å². The van der Waals surface area contributed by atoms with Crippen LogP contribution in [-0.4, -0.2) is 29.5 Å². The van der Waals surface area contributed by atoms with Gasteiger partial charge in [0.05, 0.1) is 0 Å². The summed E-state index contributed by atoms with van der Waals surface area (Å²) in [4.78, 5) is 11.8. The van der Waals surface area contributed by atoms with Gasteiger partial charge in [-0.3, -0.25) is 4.79 Å². The number of nitrogens with two attached hydrogens (primary N) is 1. The van der Waals surface area contributed by atoms with Crippen LogP contribution in [0, 0.1) is 5.92 Å². The molecule has 0 aromatic heterocycles. The van der Waals surface area contributed by atoms with Crippen molar-refractivity contribution >= 4 is 17.7 Å². The summed E-state index contributed by atoms with van der Waals surface area (Å²) in [5, 5.41) is 3.73. The van der Waals surface area contributed by atoms with Crippen molar-refractivity contribution in [3.05, 3.63) is 0 Å². The average Bonchev–Trinajstić information content (AvgIpc) is 2.82. The van der Waals surface area contributed by atoms with Crippen LogP contribution in [-0.2, 0) is 4.79 Å². The Balaban J connectivity index is 1.65. The maximum atomic E-state index is 11.8. The molecule has 0 spiro atoms. The Morgan fingerprint density at radius 1 is 1.24 bits per heavy atom. The second-order valence-electron chi connectivity index (χ2n) is 5.35. The molecule has 2 fully saturated rings. The molecule has 3 N–H and O–H groups in total. The minimum atomic E-state index is 0.208. The van der Waals surface area contributed by atoms with Gasteiger partial charge in [-0.15, -0.1) is 0 Å². The molecule has 2 rings (SSSR count). The monoisotopic (exact) mass is 256 g/mol. The summed E-state index contributed by atoms with van der Waals surface area (Å²) in [6.07, 6.45) is 7.90. The second kappa shape index (κ2) is 6.64. The Morgan fingerprint density at radius 2 is 2.06 bits per heavy atom. The van der Waals surface area contributed by atoms with E-state index in [1.807, 2.05) is 11.8 Å². The van der Waals surface area contributed by atoms with E-state index < -0.39 is 0 Å². The Kier molecular flexibility index (Phi) is 5.16. The van der Waals surface area contributed by atoms with Crippen molar-refractivity contribution in [1.29, 1.82) is 0 Å².